The van der Waals surface area contributed by atoms with Crippen LogP contribution in [0, 0.1) is 0 Å². The summed E-state index contributed by atoms with van der Waals surface area (Å²) in [4.78, 5) is 4.90. The summed E-state index contributed by atoms with van der Waals surface area (Å²) in [6.45, 7) is 0.0438. The summed E-state index contributed by atoms with van der Waals surface area (Å²) in [5.41, 5.74) is 14.2. The van der Waals surface area contributed by atoms with Gasteiger partial charge in [-0.2, -0.15) is 4.80 Å². The molecule has 1 aliphatic carbocycles. The van der Waals surface area contributed by atoms with Crippen molar-refractivity contribution in [3.05, 3.63) is 90.0 Å². The van der Waals surface area contributed by atoms with Gasteiger partial charge in [0.05, 0.1) is 47.2 Å². The lowest BCUT2D eigenvalue weighted by atomic mass is 9.98. The number of nitrogens with zero attached hydrogens (tertiary/aromatic N) is 5. The summed E-state index contributed by atoms with van der Waals surface area (Å²) in [7, 11) is -5.78. The third kappa shape index (κ3) is 7.15. The first kappa shape index (κ1) is 34.5. The van der Waals surface area contributed by atoms with Crippen LogP contribution in [0.2, 0.25) is 0 Å². The fraction of sp³-hybridized carbons (Fsp3) is 0.235. The number of nitrogens with two attached hydrogens (primary N) is 2. The number of thiazole rings is 1. The number of methoxy groups -OCH3 is 2. The van der Waals surface area contributed by atoms with Crippen LogP contribution < -0.4 is 25.7 Å². The van der Waals surface area contributed by atoms with E-state index in [1.54, 1.807) is 61.7 Å². The third-order valence-corrected chi connectivity index (χ3v) is 13.0. The number of ether oxygens (including phenoxy) is 2. The molecule has 14 nitrogen and oxygen atoms in total. The number of nitrogen functional groups attached to an aromatic ring is 1. The number of sulfonamides is 1. The molecule has 0 radical (unpaired) electrons. The topological polar surface area (TPSA) is 207 Å². The highest BCUT2D eigenvalue weighted by atomic mass is 32.2. The van der Waals surface area contributed by atoms with Gasteiger partial charge in [0, 0.05) is 17.6 Å². The normalized spacial score (nSPS) is 14.1. The first-order valence-corrected chi connectivity index (χ1v) is 19.7. The molecule has 2 heterocycles. The molecule has 0 bridgehead atoms. The molecule has 0 amide bonds. The van der Waals surface area contributed by atoms with Gasteiger partial charge in [-0.3, -0.25) is 0 Å². The molecule has 1 aliphatic rings. The van der Waals surface area contributed by atoms with E-state index in [4.69, 9.17) is 20.9 Å². The minimum atomic E-state index is -4.61. The molecule has 5 N–H and O–H groups in total. The highest BCUT2D eigenvalue weighted by Gasteiger charge is 2.45. The Hall–Kier alpha value is -4.94. The predicted molar refractivity (Wildman–Crippen MR) is 194 cm³/mol. The molecule has 1 fully saturated rings. The number of hydrogen-bond donors (Lipinski definition) is 3. The molecule has 6 aromatic rings. The van der Waals surface area contributed by atoms with Gasteiger partial charge in [-0.15, -0.1) is 10.2 Å². The Kier molecular flexibility index (Phi) is 9.01. The Morgan fingerprint density at radius 2 is 1.55 bits per heavy atom. The van der Waals surface area contributed by atoms with Crippen molar-refractivity contribution in [2.24, 2.45) is 5.73 Å². The number of hydrogen-bond acceptors (Lipinski definition) is 13. The quantitative estimate of drug-likeness (QED) is 0.153. The number of nitrogens with one attached hydrogen (secondary N) is 1. The van der Waals surface area contributed by atoms with Crippen LogP contribution in [-0.2, 0) is 33.0 Å². The maximum Gasteiger partial charge on any atom is 0.242 e. The summed E-state index contributed by atoms with van der Waals surface area (Å²) >= 11 is 1.27. The monoisotopic (exact) mass is 746 g/mol. The van der Waals surface area contributed by atoms with E-state index in [0.29, 0.717) is 51.7 Å². The standard InChI is InChI=1S/C34H34N8O6S3/c1-47-23-10-6-21(7-11-23)18-37-51(45,46)31-28(50(43,44)20-34(36)16-17-34)15-14-25(26-4-3-5-27-30(26)38-33(35)49-27)29(31)32-39-41-42(40-32)19-22-8-12-24(48-2)13-9-22/h3-15,37H,16-20,36H2,1-2H3,(H2,35,38). The maximum absolute atomic E-state index is 14.6. The third-order valence-electron chi connectivity index (χ3n) is 8.61. The fourth-order valence-electron chi connectivity index (χ4n) is 5.76. The van der Waals surface area contributed by atoms with Gasteiger partial charge in [0.25, 0.3) is 0 Å². The second kappa shape index (κ2) is 13.3. The molecule has 0 spiro atoms. The van der Waals surface area contributed by atoms with Gasteiger partial charge in [-0.1, -0.05) is 53.8 Å². The van der Waals surface area contributed by atoms with Gasteiger partial charge in [-0.25, -0.2) is 26.5 Å². The molecular weight excluding hydrogens is 713 g/mol. The second-order valence-corrected chi connectivity index (χ2v) is 17.0. The SMILES string of the molecule is COc1ccc(CNS(=O)(=O)c2c(S(=O)(=O)CC3(N)CC3)ccc(-c3cccc4sc(N)nc34)c2-c2nnn(Cc3ccc(OC)cc3)n2)cc1. The van der Waals surface area contributed by atoms with E-state index < -0.39 is 40.9 Å². The van der Waals surface area contributed by atoms with E-state index in [1.807, 2.05) is 18.2 Å². The van der Waals surface area contributed by atoms with Crippen LogP contribution in [0.3, 0.4) is 0 Å². The summed E-state index contributed by atoms with van der Waals surface area (Å²) in [5, 5.41) is 13.5. The van der Waals surface area contributed by atoms with Crippen LogP contribution in [0.1, 0.15) is 24.0 Å². The highest BCUT2D eigenvalue weighted by molar-refractivity contribution is 7.93. The first-order chi connectivity index (χ1) is 24.4. The van der Waals surface area contributed by atoms with Gasteiger partial charge >= 0.3 is 0 Å². The van der Waals surface area contributed by atoms with E-state index in [2.05, 4.69) is 25.1 Å². The Labute approximate surface area is 298 Å². The molecule has 0 aliphatic heterocycles. The molecule has 0 atom stereocenters. The van der Waals surface area contributed by atoms with E-state index >= 15 is 0 Å². The van der Waals surface area contributed by atoms with Crippen molar-refractivity contribution in [1.29, 1.82) is 0 Å². The molecule has 17 heteroatoms. The van der Waals surface area contributed by atoms with Gasteiger partial charge < -0.3 is 20.9 Å². The van der Waals surface area contributed by atoms with Crippen LogP contribution in [0.4, 0.5) is 5.13 Å². The molecule has 1 saturated carbocycles. The Morgan fingerprint density at radius 1 is 0.882 bits per heavy atom. The van der Waals surface area contributed by atoms with Crippen molar-refractivity contribution in [3.8, 4) is 34.0 Å². The average Bonchev–Trinajstić information content (AvgIpc) is 3.45. The van der Waals surface area contributed by atoms with Crippen LogP contribution >= 0.6 is 11.3 Å². The molecule has 2 aromatic heterocycles. The van der Waals surface area contributed by atoms with Crippen LogP contribution in [0.25, 0.3) is 32.7 Å². The van der Waals surface area contributed by atoms with Crippen molar-refractivity contribution in [2.45, 2.75) is 41.3 Å². The number of rotatable bonds is 13. The van der Waals surface area contributed by atoms with Crippen LogP contribution in [-0.4, -0.2) is 67.5 Å². The second-order valence-electron chi connectivity index (χ2n) is 12.3. The van der Waals surface area contributed by atoms with Crippen molar-refractivity contribution in [3.63, 3.8) is 0 Å². The Morgan fingerprint density at radius 3 is 2.20 bits per heavy atom. The maximum atomic E-state index is 14.6. The van der Waals surface area contributed by atoms with E-state index in [1.165, 1.54) is 29.3 Å². The molecular formula is C34H34N8O6S3. The van der Waals surface area contributed by atoms with Crippen molar-refractivity contribution < 1.29 is 26.3 Å². The zero-order chi connectivity index (χ0) is 36.0. The van der Waals surface area contributed by atoms with Crippen molar-refractivity contribution in [1.82, 2.24) is 29.9 Å². The Balaban J connectivity index is 1.44. The minimum Gasteiger partial charge on any atom is -0.497 e. The number of anilines is 1. The van der Waals surface area contributed by atoms with Gasteiger partial charge in [0.1, 0.15) is 16.4 Å². The summed E-state index contributed by atoms with van der Waals surface area (Å²) in [6, 6.07) is 22.3. The average molecular weight is 747 g/mol. The number of para-hydroxylation sites is 1. The van der Waals surface area contributed by atoms with Crippen molar-refractivity contribution >= 4 is 46.5 Å². The van der Waals surface area contributed by atoms with Crippen molar-refractivity contribution in [2.75, 3.05) is 25.7 Å². The largest absolute Gasteiger partial charge is 0.497 e. The molecule has 264 valence electrons. The van der Waals surface area contributed by atoms with Gasteiger partial charge in [-0.05, 0) is 71.1 Å². The van der Waals surface area contributed by atoms with Crippen LogP contribution in [0.15, 0.2) is 88.7 Å². The highest BCUT2D eigenvalue weighted by Crippen LogP contribution is 2.44. The fourth-order valence-corrected chi connectivity index (χ4v) is 10.4. The lowest BCUT2D eigenvalue weighted by Gasteiger charge is -2.19. The van der Waals surface area contributed by atoms with Crippen LogP contribution in [0.5, 0.6) is 11.5 Å². The zero-order valence-corrected chi connectivity index (χ0v) is 30.1. The van der Waals surface area contributed by atoms with E-state index in [0.717, 1.165) is 10.3 Å². The smallest absolute Gasteiger partial charge is 0.242 e. The lowest BCUT2D eigenvalue weighted by molar-refractivity contribution is 0.414. The number of fused-ring (bicyclic) bond motifs is 1. The first-order valence-electron chi connectivity index (χ1n) is 15.8. The van der Waals surface area contributed by atoms with E-state index in [-0.39, 0.29) is 24.5 Å². The molecule has 4 aromatic carbocycles. The van der Waals surface area contributed by atoms with E-state index in [9.17, 15) is 16.8 Å². The number of tetrazole rings is 1. The Bertz CT molecular complexity index is 2460. The van der Waals surface area contributed by atoms with Gasteiger partial charge in [0.2, 0.25) is 15.8 Å². The van der Waals surface area contributed by atoms with Gasteiger partial charge in [0.15, 0.2) is 15.0 Å². The molecule has 7 rings (SSSR count). The summed E-state index contributed by atoms with van der Waals surface area (Å²) in [5.74, 6) is 0.735. The number of sulfone groups is 1. The molecule has 51 heavy (non-hydrogen) atoms. The summed E-state index contributed by atoms with van der Waals surface area (Å²) < 4.78 is 71.4. The molecule has 0 saturated heterocycles. The lowest BCUT2D eigenvalue weighted by Crippen LogP contribution is -2.33. The predicted octanol–water partition coefficient (Wildman–Crippen LogP) is 4.01. The minimum absolute atomic E-state index is 0.0553. The number of aromatic nitrogens is 5. The summed E-state index contributed by atoms with van der Waals surface area (Å²) in [6.07, 6.45) is 1.01. The zero-order valence-electron chi connectivity index (χ0n) is 27.6. The number of benzene rings is 4. The molecule has 0 unspecified atom stereocenters.